The van der Waals surface area contributed by atoms with Gasteiger partial charge in [0.25, 0.3) is 0 Å². The summed E-state index contributed by atoms with van der Waals surface area (Å²) in [5, 5.41) is 3.31. The molecule has 0 saturated carbocycles. The van der Waals surface area contributed by atoms with Crippen molar-refractivity contribution >= 4 is 43.4 Å². The number of thiophene rings is 1. The Balaban J connectivity index is 0.000000260. The van der Waals surface area contributed by atoms with Gasteiger partial charge in [-0.3, -0.25) is 0 Å². The van der Waals surface area contributed by atoms with Crippen molar-refractivity contribution in [1.29, 1.82) is 0 Å². The number of fused-ring (bicyclic) bond motifs is 5. The van der Waals surface area contributed by atoms with Crippen LogP contribution in [-0.2, 0) is 26.5 Å². The third-order valence-electron chi connectivity index (χ3n) is 7.61. The third kappa shape index (κ3) is 6.42. The maximum absolute atomic E-state index is 7.97. The molecule has 7 aromatic rings. The summed E-state index contributed by atoms with van der Waals surface area (Å²) < 4.78 is 31.5. The summed E-state index contributed by atoms with van der Waals surface area (Å²) in [6.45, 7) is 10.4. The predicted molar refractivity (Wildman–Crippen MR) is 182 cm³/mol. The molecule has 44 heavy (non-hydrogen) atoms. The third-order valence-corrected chi connectivity index (χ3v) is 8.83. The second kappa shape index (κ2) is 12.8. The van der Waals surface area contributed by atoms with Crippen molar-refractivity contribution < 1.29 is 28.6 Å². The number of aromatic nitrogens is 2. The minimum absolute atomic E-state index is 0. The number of benzene rings is 3. The number of rotatable bonds is 3. The van der Waals surface area contributed by atoms with E-state index in [2.05, 4.69) is 74.9 Å². The summed E-state index contributed by atoms with van der Waals surface area (Å²) in [5.74, 6) is 0. The van der Waals surface area contributed by atoms with Crippen molar-refractivity contribution in [2.45, 2.75) is 54.8 Å². The van der Waals surface area contributed by atoms with Crippen LogP contribution in [0.25, 0.3) is 54.5 Å². The van der Waals surface area contributed by atoms with E-state index < -0.39 is 6.85 Å². The van der Waals surface area contributed by atoms with Gasteiger partial charge in [-0.05, 0) is 72.9 Å². The Labute approximate surface area is 282 Å². The van der Waals surface area contributed by atoms with E-state index in [0.29, 0.717) is 17.7 Å². The van der Waals surface area contributed by atoms with Gasteiger partial charge < -0.3 is 14.4 Å². The van der Waals surface area contributed by atoms with Crippen molar-refractivity contribution in [2.75, 3.05) is 0 Å². The van der Waals surface area contributed by atoms with Crippen molar-refractivity contribution in [2.24, 2.45) is 5.41 Å². The number of aryl methyl sites for hydroxylation is 4. The van der Waals surface area contributed by atoms with Gasteiger partial charge in [0.15, 0.2) is 0 Å². The molecule has 4 aromatic heterocycles. The molecule has 0 aliphatic rings. The van der Waals surface area contributed by atoms with Gasteiger partial charge in [-0.15, -0.1) is 65.4 Å². The molecule has 0 aliphatic heterocycles. The fourth-order valence-corrected chi connectivity index (χ4v) is 6.46. The molecule has 0 aliphatic carbocycles. The monoisotopic (exact) mass is 776 g/mol. The maximum atomic E-state index is 7.97. The van der Waals surface area contributed by atoms with Crippen LogP contribution in [0.5, 0.6) is 0 Å². The molecule has 7 rings (SSSR count). The second-order valence-electron chi connectivity index (χ2n) is 12.3. The molecule has 4 heterocycles. The van der Waals surface area contributed by atoms with Crippen molar-refractivity contribution in [3.63, 3.8) is 0 Å². The minimum Gasteiger partial charge on any atom is -0.499 e. The molecule has 0 bridgehead atoms. The molecule has 225 valence electrons. The Bertz CT molecular complexity index is 2180. The summed E-state index contributed by atoms with van der Waals surface area (Å²) in [6.07, 6.45) is 4.01. The van der Waals surface area contributed by atoms with E-state index in [4.69, 9.17) is 8.53 Å². The Morgan fingerprint density at radius 3 is 2.32 bits per heavy atom. The Kier molecular flexibility index (Phi) is 8.09. The average Bonchev–Trinajstić information content (AvgIpc) is 3.53. The Hall–Kier alpha value is -3.63. The van der Waals surface area contributed by atoms with Crippen molar-refractivity contribution in [1.82, 2.24) is 9.97 Å². The number of nitrogens with zero attached hydrogens (tertiary/aromatic N) is 2. The quantitative estimate of drug-likeness (QED) is 0.168. The summed E-state index contributed by atoms with van der Waals surface area (Å²) in [4.78, 5) is 10.2. The van der Waals surface area contributed by atoms with Gasteiger partial charge >= 0.3 is 0 Å². The van der Waals surface area contributed by atoms with E-state index in [0.717, 1.165) is 49.0 Å². The van der Waals surface area contributed by atoms with Crippen LogP contribution >= 0.6 is 11.3 Å². The second-order valence-corrected chi connectivity index (χ2v) is 13.5. The zero-order valence-electron chi connectivity index (χ0n) is 28.8. The number of hydrogen-bond acceptors (Lipinski definition) is 4. The van der Waals surface area contributed by atoms with Gasteiger partial charge in [-0.2, -0.15) is 0 Å². The summed E-state index contributed by atoms with van der Waals surface area (Å²) >= 11 is 1.76. The smallest absolute Gasteiger partial charge is 0.138 e. The molecule has 0 spiro atoms. The van der Waals surface area contributed by atoms with E-state index in [-0.39, 0.29) is 25.5 Å². The molecule has 3 aromatic carbocycles. The molecular formula is C39H36IrN2OS-2. The first-order valence-corrected chi connectivity index (χ1v) is 15.3. The van der Waals surface area contributed by atoms with Gasteiger partial charge in [0.1, 0.15) is 5.58 Å². The minimum atomic E-state index is -2.21. The van der Waals surface area contributed by atoms with Crippen LogP contribution in [0.2, 0.25) is 0 Å². The van der Waals surface area contributed by atoms with Gasteiger partial charge in [-0.25, -0.2) is 0 Å². The van der Waals surface area contributed by atoms with Crippen LogP contribution in [-0.4, -0.2) is 9.97 Å². The SMILES string of the molecule is Cc1ccc(-c2[c-]cccc2)nc1.[2H]C([2H])([2H])c1cnc(-c2[c-]ccc3c2oc2c3ccc3c(C)c(C)sc32)cc1CC(C)(C)C.[Ir]. The van der Waals surface area contributed by atoms with E-state index in [1.807, 2.05) is 61.7 Å². The zero-order chi connectivity index (χ0) is 32.8. The van der Waals surface area contributed by atoms with Crippen molar-refractivity contribution in [3.8, 4) is 22.5 Å². The molecule has 0 unspecified atom stereocenters. The van der Waals surface area contributed by atoms with Gasteiger partial charge in [0.2, 0.25) is 0 Å². The summed E-state index contributed by atoms with van der Waals surface area (Å²) in [7, 11) is 0. The molecular weight excluding hydrogens is 737 g/mol. The largest absolute Gasteiger partial charge is 0.499 e. The van der Waals surface area contributed by atoms with E-state index in [9.17, 15) is 0 Å². The van der Waals surface area contributed by atoms with Crippen LogP contribution in [0.3, 0.4) is 0 Å². The molecule has 0 saturated heterocycles. The fraction of sp³-hybridized carbons (Fsp3) is 0.231. The molecule has 0 fully saturated rings. The summed E-state index contributed by atoms with van der Waals surface area (Å²) in [6, 6.07) is 28.5. The first-order valence-electron chi connectivity index (χ1n) is 16.0. The molecule has 0 N–H and O–H groups in total. The molecule has 1 radical (unpaired) electrons. The first-order chi connectivity index (χ1) is 21.8. The maximum Gasteiger partial charge on any atom is 0.138 e. The van der Waals surface area contributed by atoms with Crippen LogP contribution in [0.4, 0.5) is 0 Å². The first kappa shape index (κ1) is 27.9. The molecule has 3 nitrogen and oxygen atoms in total. The van der Waals surface area contributed by atoms with Crippen LogP contribution in [0.1, 0.15) is 52.0 Å². The topological polar surface area (TPSA) is 38.9 Å². The van der Waals surface area contributed by atoms with Gasteiger partial charge in [0.05, 0.1) is 10.3 Å². The number of pyridine rings is 2. The number of hydrogen-bond donors (Lipinski definition) is 0. The van der Waals surface area contributed by atoms with E-state index in [1.165, 1.54) is 27.6 Å². The Morgan fingerprint density at radius 1 is 0.841 bits per heavy atom. The number of furan rings is 1. The standard InChI is InChI=1S/C27H26NOS.C12H10N.Ir/c1-15-14-28-23(12-18(15)13-27(4,5)6)22-9-7-8-20-21-11-10-19-16(2)17(3)30-26(19)25(21)29-24(20)22;1-10-7-8-12(13-9-10)11-5-3-2-4-6-11;/h7-8,10-12,14H,13H2,1-6H3;2-5,7-9H,1H3;/q2*-1;/i1D3;;. The molecule has 5 heteroatoms. The van der Waals surface area contributed by atoms with Crippen LogP contribution < -0.4 is 0 Å². The van der Waals surface area contributed by atoms with Gasteiger partial charge in [-0.1, -0.05) is 67.6 Å². The van der Waals surface area contributed by atoms with Gasteiger partial charge in [0, 0.05) is 46.9 Å². The summed E-state index contributed by atoms with van der Waals surface area (Å²) in [5.41, 5.74) is 8.60. The normalized spacial score (nSPS) is 12.7. The van der Waals surface area contributed by atoms with E-state index in [1.54, 1.807) is 11.3 Å². The average molecular weight is 776 g/mol. The van der Waals surface area contributed by atoms with Crippen molar-refractivity contribution in [3.05, 3.63) is 118 Å². The van der Waals surface area contributed by atoms with Crippen LogP contribution in [0, 0.1) is 45.2 Å². The molecule has 0 atom stereocenters. The molecule has 0 amide bonds. The Morgan fingerprint density at radius 2 is 1.61 bits per heavy atom. The van der Waals surface area contributed by atoms with E-state index >= 15 is 0 Å². The van der Waals surface area contributed by atoms with Crippen LogP contribution in [0.15, 0.2) is 83.5 Å². The fourth-order valence-electron chi connectivity index (χ4n) is 5.32. The zero-order valence-corrected chi connectivity index (χ0v) is 29.0. The predicted octanol–water partition coefficient (Wildman–Crippen LogP) is 11.0.